The lowest BCUT2D eigenvalue weighted by atomic mass is 9.99. The van der Waals surface area contributed by atoms with E-state index in [9.17, 15) is 18.0 Å². The molecule has 2 aromatic heterocycles. The third kappa shape index (κ3) is 4.97. The third-order valence-corrected chi connectivity index (χ3v) is 6.80. The molecule has 0 bridgehead atoms. The number of nitrogens with zero attached hydrogens (tertiary/aromatic N) is 3. The van der Waals surface area contributed by atoms with Gasteiger partial charge in [-0.3, -0.25) is 15.1 Å². The first-order valence-corrected chi connectivity index (χ1v) is 11.9. The fourth-order valence-corrected chi connectivity index (χ4v) is 4.96. The van der Waals surface area contributed by atoms with Gasteiger partial charge in [0.05, 0.1) is 25.6 Å². The van der Waals surface area contributed by atoms with Gasteiger partial charge in [0, 0.05) is 61.4 Å². The Morgan fingerprint density at radius 1 is 1.22 bits per heavy atom. The monoisotopic (exact) mass is 507 g/mol. The molecular formula is C24H28F3N5O4. The molecule has 0 saturated carbocycles. The minimum Gasteiger partial charge on any atom is -0.481 e. The molecule has 9 nitrogen and oxygen atoms in total. The molecule has 2 aromatic rings. The van der Waals surface area contributed by atoms with E-state index in [1.165, 1.54) is 12.4 Å². The zero-order chi connectivity index (χ0) is 25.3. The maximum absolute atomic E-state index is 13.6. The number of halogens is 3. The molecule has 5 heterocycles. The normalized spacial score (nSPS) is 22.7. The molecule has 36 heavy (non-hydrogen) atoms. The molecule has 1 amide bonds. The Labute approximate surface area is 206 Å². The van der Waals surface area contributed by atoms with Crippen molar-refractivity contribution in [3.63, 3.8) is 0 Å². The number of nitrogens with one attached hydrogen (secondary N) is 2. The van der Waals surface area contributed by atoms with Crippen LogP contribution in [0.2, 0.25) is 0 Å². The van der Waals surface area contributed by atoms with E-state index in [0.717, 1.165) is 26.0 Å². The Balaban J connectivity index is 1.38. The average Bonchev–Trinajstić information content (AvgIpc) is 3.36. The number of likely N-dealkylation sites (tertiary alicyclic amines) is 1. The van der Waals surface area contributed by atoms with E-state index in [1.807, 2.05) is 4.90 Å². The second-order valence-corrected chi connectivity index (χ2v) is 9.05. The topological polar surface area (TPSA) is 97.8 Å². The Hall–Kier alpha value is -2.96. The first-order chi connectivity index (χ1) is 17.3. The van der Waals surface area contributed by atoms with Crippen LogP contribution in [0.15, 0.2) is 24.5 Å². The summed E-state index contributed by atoms with van der Waals surface area (Å²) in [6.07, 6.45) is -0.496. The van der Waals surface area contributed by atoms with Gasteiger partial charge in [0.2, 0.25) is 11.8 Å². The summed E-state index contributed by atoms with van der Waals surface area (Å²) in [4.78, 5) is 23.0. The van der Waals surface area contributed by atoms with Crippen LogP contribution in [0.1, 0.15) is 36.6 Å². The number of fused-ring (bicyclic) bond motifs is 1. The van der Waals surface area contributed by atoms with Gasteiger partial charge in [0.25, 0.3) is 0 Å². The lowest BCUT2D eigenvalue weighted by molar-refractivity contribution is -0.139. The smallest absolute Gasteiger partial charge is 0.421 e. The van der Waals surface area contributed by atoms with Crippen LogP contribution in [-0.4, -0.2) is 67.0 Å². The molecule has 2 N–H and O–H groups in total. The summed E-state index contributed by atoms with van der Waals surface area (Å²) < 4.78 is 57.4. The molecule has 2 fully saturated rings. The maximum atomic E-state index is 13.6. The summed E-state index contributed by atoms with van der Waals surface area (Å²) in [7, 11) is 1.15. The zero-order valence-corrected chi connectivity index (χ0v) is 19.8. The summed E-state index contributed by atoms with van der Waals surface area (Å²) in [5, 5.41) is 6.42. The Morgan fingerprint density at radius 3 is 2.78 bits per heavy atom. The van der Waals surface area contributed by atoms with Crippen LogP contribution < -0.4 is 15.4 Å². The fraction of sp³-hybridized carbons (Fsp3) is 0.542. The van der Waals surface area contributed by atoms with Gasteiger partial charge in [-0.2, -0.15) is 13.2 Å². The number of methoxy groups -OCH3 is 1. The number of alkyl halides is 3. The van der Waals surface area contributed by atoms with Gasteiger partial charge in [-0.1, -0.05) is 0 Å². The first kappa shape index (κ1) is 24.7. The molecular weight excluding hydrogens is 479 g/mol. The molecule has 3 aliphatic rings. The summed E-state index contributed by atoms with van der Waals surface area (Å²) in [5.41, 5.74) is 0.848. The van der Waals surface area contributed by atoms with Crippen molar-refractivity contribution in [2.24, 2.45) is 5.92 Å². The van der Waals surface area contributed by atoms with Gasteiger partial charge in [0.15, 0.2) is 0 Å². The van der Waals surface area contributed by atoms with Gasteiger partial charge >= 0.3 is 6.18 Å². The molecule has 0 aliphatic carbocycles. The molecule has 0 radical (unpaired) electrons. The molecule has 2 atom stereocenters. The number of hydrogen-bond donors (Lipinski definition) is 2. The van der Waals surface area contributed by atoms with Gasteiger partial charge in [-0.25, -0.2) is 4.98 Å². The lowest BCUT2D eigenvalue weighted by Gasteiger charge is -2.32. The number of ether oxygens (including phenoxy) is 3. The number of amides is 1. The van der Waals surface area contributed by atoms with Crippen LogP contribution in [0.3, 0.4) is 0 Å². The highest BCUT2D eigenvalue weighted by Crippen LogP contribution is 2.40. The number of hydrogen-bond acceptors (Lipinski definition) is 8. The predicted molar refractivity (Wildman–Crippen MR) is 123 cm³/mol. The van der Waals surface area contributed by atoms with Crippen molar-refractivity contribution in [3.8, 4) is 17.1 Å². The molecule has 2 saturated heterocycles. The van der Waals surface area contributed by atoms with Crippen LogP contribution >= 0.6 is 0 Å². The second kappa shape index (κ2) is 10.2. The summed E-state index contributed by atoms with van der Waals surface area (Å²) in [6, 6.07) is 2.75. The number of aromatic nitrogens is 2. The van der Waals surface area contributed by atoms with E-state index in [0.29, 0.717) is 56.3 Å². The van der Waals surface area contributed by atoms with Crippen molar-refractivity contribution in [2.45, 2.75) is 37.8 Å². The minimum absolute atomic E-state index is 0.0172. The number of anilines is 1. The van der Waals surface area contributed by atoms with Crippen LogP contribution in [0.25, 0.3) is 11.3 Å². The van der Waals surface area contributed by atoms with E-state index < -0.39 is 23.8 Å². The van der Waals surface area contributed by atoms with Gasteiger partial charge < -0.3 is 24.4 Å². The van der Waals surface area contributed by atoms with Crippen molar-refractivity contribution in [3.05, 3.63) is 35.7 Å². The minimum atomic E-state index is -4.64. The maximum Gasteiger partial charge on any atom is 0.421 e. The quantitative estimate of drug-likeness (QED) is 0.637. The van der Waals surface area contributed by atoms with E-state index in [4.69, 9.17) is 14.2 Å². The van der Waals surface area contributed by atoms with Crippen molar-refractivity contribution in [1.82, 2.24) is 20.2 Å². The Bertz CT molecular complexity index is 1110. The van der Waals surface area contributed by atoms with Crippen LogP contribution in [-0.2, 0) is 20.4 Å². The highest BCUT2D eigenvalue weighted by molar-refractivity contribution is 5.79. The molecule has 3 aliphatic heterocycles. The predicted octanol–water partition coefficient (Wildman–Crippen LogP) is 3.19. The summed E-state index contributed by atoms with van der Waals surface area (Å²) in [6.45, 7) is 2.69. The van der Waals surface area contributed by atoms with Crippen LogP contribution in [0.4, 0.5) is 18.9 Å². The molecule has 0 unspecified atom stereocenters. The van der Waals surface area contributed by atoms with Crippen molar-refractivity contribution < 1.29 is 32.2 Å². The molecule has 5 rings (SSSR count). The number of carbonyl (C=O) groups excluding carboxylic acids is 1. The second-order valence-electron chi connectivity index (χ2n) is 9.05. The van der Waals surface area contributed by atoms with E-state index in [2.05, 4.69) is 20.6 Å². The van der Waals surface area contributed by atoms with E-state index in [1.54, 1.807) is 6.07 Å². The highest BCUT2D eigenvalue weighted by atomic mass is 19.4. The highest BCUT2D eigenvalue weighted by Gasteiger charge is 2.38. The average molecular weight is 508 g/mol. The van der Waals surface area contributed by atoms with Crippen molar-refractivity contribution in [2.75, 3.05) is 45.4 Å². The zero-order valence-electron chi connectivity index (χ0n) is 19.8. The number of carbonyl (C=O) groups is 1. The Kier molecular flexibility index (Phi) is 7.00. The molecule has 0 aromatic carbocycles. The van der Waals surface area contributed by atoms with E-state index in [-0.39, 0.29) is 23.5 Å². The number of pyridine rings is 2. The van der Waals surface area contributed by atoms with Crippen molar-refractivity contribution >= 4 is 11.6 Å². The SMILES string of the molecule is COc1ncc(-c2nccc3c2[C@H](O[C@H]2CCN(C(=O)C4CCOCC4)C2)NCN3)cc1C(F)(F)F. The number of rotatable bonds is 5. The Morgan fingerprint density at radius 2 is 2.03 bits per heavy atom. The van der Waals surface area contributed by atoms with Crippen LogP contribution in [0.5, 0.6) is 5.88 Å². The van der Waals surface area contributed by atoms with Gasteiger partial charge in [0.1, 0.15) is 11.8 Å². The summed E-state index contributed by atoms with van der Waals surface area (Å²) in [5.74, 6) is -0.383. The lowest BCUT2D eigenvalue weighted by Crippen LogP contribution is -2.39. The van der Waals surface area contributed by atoms with Crippen LogP contribution in [0, 0.1) is 5.92 Å². The molecule has 12 heteroatoms. The van der Waals surface area contributed by atoms with Gasteiger partial charge in [-0.05, 0) is 31.4 Å². The summed E-state index contributed by atoms with van der Waals surface area (Å²) >= 11 is 0. The molecule has 194 valence electrons. The third-order valence-electron chi connectivity index (χ3n) is 6.80. The fourth-order valence-electron chi connectivity index (χ4n) is 4.96. The van der Waals surface area contributed by atoms with Gasteiger partial charge in [-0.15, -0.1) is 0 Å². The van der Waals surface area contributed by atoms with Crippen molar-refractivity contribution in [1.29, 1.82) is 0 Å². The van der Waals surface area contributed by atoms with E-state index >= 15 is 0 Å². The first-order valence-electron chi connectivity index (χ1n) is 11.9. The largest absolute Gasteiger partial charge is 0.481 e. The molecule has 0 spiro atoms. The standard InChI is InChI=1S/C24H28F3N5O4/c1-34-21-17(24(25,26)27)10-15(11-29-21)20-19-18(2-6-28-20)30-13-31-22(19)36-16-3-7-32(12-16)23(33)14-4-8-35-9-5-14/h2,6,10-11,14,16,22,30-31H,3-5,7-9,12-13H2,1H3/t16-,22-/m0/s1.